The van der Waals surface area contributed by atoms with Crippen molar-refractivity contribution in [2.75, 3.05) is 36.2 Å². The number of nitrogens with zero attached hydrogens (tertiary/aromatic N) is 5. The van der Waals surface area contributed by atoms with Crippen molar-refractivity contribution >= 4 is 40.5 Å². The minimum absolute atomic E-state index is 0.0885. The highest BCUT2D eigenvalue weighted by Gasteiger charge is 2.52. The van der Waals surface area contributed by atoms with Crippen molar-refractivity contribution in [1.82, 2.24) is 20.3 Å². The van der Waals surface area contributed by atoms with Crippen molar-refractivity contribution in [3.8, 4) is 5.75 Å². The standard InChI is InChI=1S/C46H51ClN6O6/c1-3-59-37-18-20-42-34(25-37)26-40(48-21-8-10-23-54)44(56)53(42)36-16-11-13-32(24-36)28-52-43-19-17-35(47)27-39(43)46(58,45(52)57)31(2)12-7-9-22-51-29-41(49-50-51)38(30-55)33-14-5-4-6-15-33/h4-7,11-20,24-25,27,29,31,38,40,48,54-55,58H,3,8-10,21-23,26,28,30H2,1-2H3/b12-7+/t31-,38?,40?,46+/m1/s1. The van der Waals surface area contributed by atoms with E-state index < -0.39 is 23.5 Å². The van der Waals surface area contributed by atoms with Crippen LogP contribution in [0.2, 0.25) is 5.02 Å². The molecule has 2 aliphatic rings. The van der Waals surface area contributed by atoms with Crippen LogP contribution in [0.15, 0.2) is 109 Å². The fraction of sp³-hybridized carbons (Fsp3) is 0.348. The lowest BCUT2D eigenvalue weighted by Gasteiger charge is -2.35. The number of amides is 2. The van der Waals surface area contributed by atoms with Gasteiger partial charge in [0.2, 0.25) is 5.91 Å². The molecule has 0 radical (unpaired) electrons. The van der Waals surface area contributed by atoms with Crippen molar-refractivity contribution in [3.63, 3.8) is 0 Å². The lowest BCUT2D eigenvalue weighted by molar-refractivity contribution is -0.139. The van der Waals surface area contributed by atoms with Gasteiger partial charge in [-0.05, 0) is 104 Å². The summed E-state index contributed by atoms with van der Waals surface area (Å²) in [5, 5.41) is 44.0. The molecule has 0 fully saturated rings. The van der Waals surface area contributed by atoms with E-state index in [4.69, 9.17) is 16.3 Å². The van der Waals surface area contributed by atoms with E-state index in [0.717, 1.165) is 34.5 Å². The molecule has 5 aromatic rings. The topological polar surface area (TPSA) is 153 Å². The summed E-state index contributed by atoms with van der Waals surface area (Å²) in [5.41, 5.74) is 3.91. The molecule has 4 aromatic carbocycles. The average molecular weight is 819 g/mol. The van der Waals surface area contributed by atoms with E-state index in [9.17, 15) is 24.9 Å². The number of aryl methyl sites for hydroxylation is 1. The Morgan fingerprint density at radius 1 is 1.00 bits per heavy atom. The van der Waals surface area contributed by atoms with Crippen LogP contribution in [-0.2, 0) is 34.7 Å². The number of allylic oxidation sites excluding steroid dienone is 1. The first-order valence-corrected chi connectivity index (χ1v) is 20.6. The van der Waals surface area contributed by atoms with Crippen LogP contribution in [0, 0.1) is 5.92 Å². The predicted molar refractivity (Wildman–Crippen MR) is 228 cm³/mol. The summed E-state index contributed by atoms with van der Waals surface area (Å²) in [6.07, 6.45) is 8.05. The monoisotopic (exact) mass is 818 g/mol. The number of hydrogen-bond acceptors (Lipinski definition) is 9. The molecule has 13 heteroatoms. The van der Waals surface area contributed by atoms with Crippen LogP contribution in [0.3, 0.4) is 0 Å². The lowest BCUT2D eigenvalue weighted by Crippen LogP contribution is -2.49. The molecule has 0 aliphatic carbocycles. The third kappa shape index (κ3) is 8.83. The highest BCUT2D eigenvalue weighted by Crippen LogP contribution is 2.47. The molecule has 4 atom stereocenters. The number of fused-ring (bicyclic) bond motifs is 2. The maximum absolute atomic E-state index is 14.4. The molecule has 2 amide bonds. The summed E-state index contributed by atoms with van der Waals surface area (Å²) in [4.78, 5) is 31.9. The van der Waals surface area contributed by atoms with Crippen molar-refractivity contribution in [3.05, 3.63) is 142 Å². The molecule has 12 nitrogen and oxygen atoms in total. The molecule has 0 saturated heterocycles. The molecule has 2 aliphatic heterocycles. The highest BCUT2D eigenvalue weighted by molar-refractivity contribution is 6.31. The number of aliphatic hydroxyl groups is 3. The normalized spacial score (nSPS) is 18.6. The summed E-state index contributed by atoms with van der Waals surface area (Å²) < 4.78 is 7.52. The highest BCUT2D eigenvalue weighted by atomic mass is 35.5. The molecule has 3 heterocycles. The largest absolute Gasteiger partial charge is 0.494 e. The van der Waals surface area contributed by atoms with Gasteiger partial charge >= 0.3 is 0 Å². The van der Waals surface area contributed by atoms with Gasteiger partial charge in [-0.1, -0.05) is 78.4 Å². The van der Waals surface area contributed by atoms with Gasteiger partial charge in [-0.3, -0.25) is 19.2 Å². The number of nitrogens with one attached hydrogen (secondary N) is 1. The second-order valence-corrected chi connectivity index (χ2v) is 15.5. The Kier molecular flexibility index (Phi) is 13.2. The average Bonchev–Trinajstić information content (AvgIpc) is 3.79. The first kappa shape index (κ1) is 41.8. The molecule has 0 saturated carbocycles. The van der Waals surface area contributed by atoms with Crippen LogP contribution in [0.25, 0.3) is 0 Å². The van der Waals surface area contributed by atoms with Crippen LogP contribution in [0.5, 0.6) is 5.75 Å². The lowest BCUT2D eigenvalue weighted by atomic mass is 9.83. The van der Waals surface area contributed by atoms with E-state index in [0.29, 0.717) is 66.6 Å². The maximum Gasteiger partial charge on any atom is 0.264 e. The Hall–Kier alpha value is -5.37. The fourth-order valence-electron chi connectivity index (χ4n) is 8.06. The maximum atomic E-state index is 14.4. The van der Waals surface area contributed by atoms with E-state index in [1.807, 2.05) is 105 Å². The predicted octanol–water partition coefficient (Wildman–Crippen LogP) is 6.42. The van der Waals surface area contributed by atoms with Gasteiger partial charge in [0.05, 0.1) is 48.8 Å². The van der Waals surface area contributed by atoms with E-state index in [1.54, 1.807) is 32.7 Å². The van der Waals surface area contributed by atoms with Crippen molar-refractivity contribution in [2.24, 2.45) is 5.92 Å². The van der Waals surface area contributed by atoms with Crippen molar-refractivity contribution < 1.29 is 29.6 Å². The van der Waals surface area contributed by atoms with E-state index >= 15 is 0 Å². The van der Waals surface area contributed by atoms with Crippen LogP contribution < -0.4 is 19.9 Å². The zero-order valence-electron chi connectivity index (χ0n) is 33.4. The molecular formula is C46H51ClN6O6. The van der Waals surface area contributed by atoms with Crippen molar-refractivity contribution in [1.29, 1.82) is 0 Å². The molecule has 308 valence electrons. The molecular weight excluding hydrogens is 768 g/mol. The summed E-state index contributed by atoms with van der Waals surface area (Å²) in [6, 6.07) is 27.7. The zero-order chi connectivity index (χ0) is 41.5. The van der Waals surface area contributed by atoms with Crippen LogP contribution in [0.1, 0.15) is 67.0 Å². The first-order chi connectivity index (χ1) is 28.7. The number of anilines is 3. The van der Waals surface area contributed by atoms with Gasteiger partial charge in [-0.2, -0.15) is 0 Å². The quantitative estimate of drug-likeness (QED) is 0.0580. The van der Waals surface area contributed by atoms with E-state index in [-0.39, 0.29) is 31.6 Å². The molecule has 2 unspecified atom stereocenters. The van der Waals surface area contributed by atoms with Gasteiger partial charge in [-0.15, -0.1) is 5.10 Å². The number of carbonyl (C=O) groups excluding carboxylic acids is 2. The van der Waals surface area contributed by atoms with Gasteiger partial charge in [0, 0.05) is 41.5 Å². The van der Waals surface area contributed by atoms with E-state index in [1.165, 1.54) is 0 Å². The van der Waals surface area contributed by atoms with Gasteiger partial charge in [0.1, 0.15) is 5.75 Å². The van der Waals surface area contributed by atoms with Gasteiger partial charge < -0.3 is 30.3 Å². The third-order valence-electron chi connectivity index (χ3n) is 11.2. The van der Waals surface area contributed by atoms with Crippen LogP contribution >= 0.6 is 11.6 Å². The second kappa shape index (κ2) is 18.7. The Balaban J connectivity index is 1.09. The SMILES string of the molecule is CCOc1ccc2c(c1)CC(NCCCCO)C(=O)N2c1cccc(CN2C(=O)[C@](O)([C@H](C)/C=C/CCn3cc(C(CO)c4ccccc4)nn3)c3cc(Cl)ccc32)c1. The smallest absolute Gasteiger partial charge is 0.264 e. The van der Waals surface area contributed by atoms with E-state index in [2.05, 4.69) is 15.6 Å². The zero-order valence-corrected chi connectivity index (χ0v) is 34.1. The summed E-state index contributed by atoms with van der Waals surface area (Å²) >= 11 is 6.48. The Bertz CT molecular complexity index is 2280. The number of halogens is 1. The fourth-order valence-corrected chi connectivity index (χ4v) is 8.23. The Labute approximate surface area is 349 Å². The summed E-state index contributed by atoms with van der Waals surface area (Å²) in [5.74, 6) is -0.722. The first-order valence-electron chi connectivity index (χ1n) is 20.3. The molecule has 0 bridgehead atoms. The number of aliphatic hydroxyl groups excluding tert-OH is 2. The minimum atomic E-state index is -1.88. The van der Waals surface area contributed by atoms with Crippen LogP contribution in [0.4, 0.5) is 17.1 Å². The minimum Gasteiger partial charge on any atom is -0.494 e. The Morgan fingerprint density at radius 2 is 1.81 bits per heavy atom. The van der Waals surface area contributed by atoms with Gasteiger partial charge in [-0.25, -0.2) is 0 Å². The number of benzene rings is 4. The number of unbranched alkanes of at least 4 members (excludes halogenated alkanes) is 1. The summed E-state index contributed by atoms with van der Waals surface area (Å²) in [6.45, 7) is 5.52. The molecule has 7 rings (SSSR count). The number of carbonyl (C=O) groups is 2. The molecule has 0 spiro atoms. The van der Waals surface area contributed by atoms with Gasteiger partial charge in [0.15, 0.2) is 5.60 Å². The second-order valence-electron chi connectivity index (χ2n) is 15.1. The number of ether oxygens (including phenoxy) is 1. The number of hydrogen-bond donors (Lipinski definition) is 4. The molecule has 4 N–H and O–H groups in total. The number of rotatable bonds is 18. The van der Waals surface area contributed by atoms with Crippen molar-refractivity contribution in [2.45, 2.75) is 70.2 Å². The van der Waals surface area contributed by atoms with Gasteiger partial charge in [0.25, 0.3) is 5.91 Å². The number of aromatic nitrogens is 3. The molecule has 1 aromatic heterocycles. The molecule has 59 heavy (non-hydrogen) atoms. The van der Waals surface area contributed by atoms with Crippen LogP contribution in [-0.4, -0.2) is 74.5 Å². The third-order valence-corrected chi connectivity index (χ3v) is 11.4. The Morgan fingerprint density at radius 3 is 2.59 bits per heavy atom. The summed E-state index contributed by atoms with van der Waals surface area (Å²) in [7, 11) is 0.